The molecule has 0 atom stereocenters. The predicted octanol–water partition coefficient (Wildman–Crippen LogP) is 4.33. The van der Waals surface area contributed by atoms with Crippen LogP contribution in [0.3, 0.4) is 0 Å². The molecule has 1 aromatic carbocycles. The zero-order chi connectivity index (χ0) is 14.7. The minimum absolute atomic E-state index is 0.00453. The van der Waals surface area contributed by atoms with E-state index in [-0.39, 0.29) is 5.69 Å². The van der Waals surface area contributed by atoms with E-state index in [0.29, 0.717) is 28.4 Å². The van der Waals surface area contributed by atoms with Gasteiger partial charge in [0, 0.05) is 12.1 Å². The number of rotatable bonds is 5. The minimum atomic E-state index is -0.454. The zero-order valence-electron chi connectivity index (χ0n) is 10.4. The normalized spacial score (nSPS) is 10.3. The van der Waals surface area contributed by atoms with Crippen LogP contribution < -0.4 is 10.1 Å². The second kappa shape index (κ2) is 6.27. The summed E-state index contributed by atoms with van der Waals surface area (Å²) in [5.74, 6) is 1.21. The number of nitro benzene ring substituents is 1. The van der Waals surface area contributed by atoms with Crippen LogP contribution in [0.15, 0.2) is 37.8 Å². The van der Waals surface area contributed by atoms with Gasteiger partial charge in [-0.2, -0.15) is 0 Å². The lowest BCUT2D eigenvalue weighted by Gasteiger charge is -2.09. The molecule has 20 heavy (non-hydrogen) atoms. The second-order valence-electron chi connectivity index (χ2n) is 3.83. The molecule has 0 bridgehead atoms. The van der Waals surface area contributed by atoms with Gasteiger partial charge in [-0.1, -0.05) is 0 Å². The van der Waals surface area contributed by atoms with Crippen LogP contribution in [0.5, 0.6) is 5.75 Å². The van der Waals surface area contributed by atoms with Gasteiger partial charge in [0.15, 0.2) is 4.67 Å². The van der Waals surface area contributed by atoms with Crippen molar-refractivity contribution >= 4 is 43.2 Å². The second-order valence-corrected chi connectivity index (χ2v) is 5.40. The number of methoxy groups -OCH3 is 1. The van der Waals surface area contributed by atoms with Gasteiger partial charge < -0.3 is 14.5 Å². The Morgan fingerprint density at radius 1 is 1.40 bits per heavy atom. The van der Waals surface area contributed by atoms with Crippen molar-refractivity contribution in [2.45, 2.75) is 6.54 Å². The van der Waals surface area contributed by atoms with Gasteiger partial charge in [-0.25, -0.2) is 0 Å². The summed E-state index contributed by atoms with van der Waals surface area (Å²) in [6.45, 7) is 0.377. The molecule has 0 amide bonds. The third kappa shape index (κ3) is 3.31. The van der Waals surface area contributed by atoms with Crippen molar-refractivity contribution in [3.63, 3.8) is 0 Å². The molecule has 0 saturated carbocycles. The van der Waals surface area contributed by atoms with Crippen LogP contribution in [0, 0.1) is 10.1 Å². The molecule has 0 saturated heterocycles. The van der Waals surface area contributed by atoms with Crippen LogP contribution in [0.2, 0.25) is 0 Å². The van der Waals surface area contributed by atoms with Crippen LogP contribution in [-0.4, -0.2) is 12.0 Å². The number of halogens is 2. The molecule has 8 heteroatoms. The maximum atomic E-state index is 10.8. The van der Waals surface area contributed by atoms with E-state index in [2.05, 4.69) is 37.2 Å². The molecule has 1 N–H and O–H groups in total. The largest absolute Gasteiger partial charge is 0.495 e. The molecule has 0 aliphatic heterocycles. The first-order chi connectivity index (χ1) is 9.51. The van der Waals surface area contributed by atoms with Crippen molar-refractivity contribution in [2.24, 2.45) is 0 Å². The van der Waals surface area contributed by atoms with E-state index >= 15 is 0 Å². The van der Waals surface area contributed by atoms with E-state index in [9.17, 15) is 10.1 Å². The first kappa shape index (κ1) is 14.9. The SMILES string of the molecule is COc1ccc([N+](=O)[O-])cc1NCc1cc(Br)c(Br)o1. The number of nitrogens with one attached hydrogen (secondary N) is 1. The maximum Gasteiger partial charge on any atom is 0.271 e. The first-order valence-corrected chi connectivity index (χ1v) is 7.10. The monoisotopic (exact) mass is 404 g/mol. The molecular formula is C12H10Br2N2O4. The van der Waals surface area contributed by atoms with Crippen molar-refractivity contribution in [1.82, 2.24) is 0 Å². The molecule has 0 unspecified atom stereocenters. The average molecular weight is 406 g/mol. The van der Waals surface area contributed by atoms with Crippen LogP contribution in [0.25, 0.3) is 0 Å². The number of benzene rings is 1. The lowest BCUT2D eigenvalue weighted by molar-refractivity contribution is -0.384. The predicted molar refractivity (Wildman–Crippen MR) is 81.1 cm³/mol. The van der Waals surface area contributed by atoms with Crippen molar-refractivity contribution in [2.75, 3.05) is 12.4 Å². The highest BCUT2D eigenvalue weighted by molar-refractivity contribution is 9.13. The summed E-state index contributed by atoms with van der Waals surface area (Å²) in [5.41, 5.74) is 0.528. The third-order valence-electron chi connectivity index (χ3n) is 2.54. The van der Waals surface area contributed by atoms with Gasteiger partial charge in [0.25, 0.3) is 5.69 Å². The number of nitro groups is 1. The van der Waals surface area contributed by atoms with Gasteiger partial charge in [-0.05, 0) is 44.0 Å². The Balaban J connectivity index is 2.18. The Labute approximate surface area is 131 Å². The molecule has 106 valence electrons. The standard InChI is InChI=1S/C12H10Br2N2O4/c1-19-11-3-2-7(16(17)18)4-10(11)15-6-8-5-9(13)12(14)20-8/h2-5,15H,6H2,1H3. The quantitative estimate of drug-likeness (QED) is 0.591. The van der Waals surface area contributed by atoms with E-state index in [1.807, 2.05) is 0 Å². The zero-order valence-corrected chi connectivity index (χ0v) is 13.5. The number of nitrogens with zero attached hydrogens (tertiary/aromatic N) is 1. The van der Waals surface area contributed by atoms with Crippen LogP contribution in [0.4, 0.5) is 11.4 Å². The summed E-state index contributed by atoms with van der Waals surface area (Å²) in [7, 11) is 1.51. The smallest absolute Gasteiger partial charge is 0.271 e. The molecule has 0 spiro atoms. The Hall–Kier alpha value is -1.54. The van der Waals surface area contributed by atoms with E-state index in [1.165, 1.54) is 19.2 Å². The Morgan fingerprint density at radius 2 is 2.15 bits per heavy atom. The number of anilines is 1. The van der Waals surface area contributed by atoms with E-state index in [1.54, 1.807) is 12.1 Å². The molecule has 1 aromatic heterocycles. The third-order valence-corrected chi connectivity index (χ3v) is 4.25. The molecule has 6 nitrogen and oxygen atoms in total. The maximum absolute atomic E-state index is 10.8. The summed E-state index contributed by atoms with van der Waals surface area (Å²) >= 11 is 6.56. The summed E-state index contributed by atoms with van der Waals surface area (Å²) < 4.78 is 12.0. The van der Waals surface area contributed by atoms with E-state index in [4.69, 9.17) is 9.15 Å². The molecule has 0 aliphatic carbocycles. The summed E-state index contributed by atoms with van der Waals surface area (Å²) in [5, 5.41) is 13.8. The highest BCUT2D eigenvalue weighted by atomic mass is 79.9. The van der Waals surface area contributed by atoms with Crippen molar-refractivity contribution < 1.29 is 14.1 Å². The van der Waals surface area contributed by atoms with Gasteiger partial charge in [-0.15, -0.1) is 0 Å². The molecule has 0 aliphatic rings. The molecular weight excluding hydrogens is 396 g/mol. The molecule has 2 rings (SSSR count). The molecule has 1 heterocycles. The van der Waals surface area contributed by atoms with Crippen LogP contribution in [-0.2, 0) is 6.54 Å². The number of furan rings is 1. The minimum Gasteiger partial charge on any atom is -0.495 e. The van der Waals surface area contributed by atoms with Crippen molar-refractivity contribution in [3.05, 3.63) is 49.3 Å². The fourth-order valence-corrected chi connectivity index (χ4v) is 2.27. The van der Waals surface area contributed by atoms with Gasteiger partial charge >= 0.3 is 0 Å². The summed E-state index contributed by atoms with van der Waals surface area (Å²) in [4.78, 5) is 10.3. The average Bonchev–Trinajstić information content (AvgIpc) is 2.75. The van der Waals surface area contributed by atoms with Crippen LogP contribution in [0.1, 0.15) is 5.76 Å². The summed E-state index contributed by atoms with van der Waals surface area (Å²) in [6, 6.07) is 6.17. The van der Waals surface area contributed by atoms with Gasteiger partial charge in [-0.3, -0.25) is 10.1 Å². The molecule has 2 aromatic rings. The number of hydrogen-bond acceptors (Lipinski definition) is 5. The number of non-ortho nitro benzene ring substituents is 1. The highest BCUT2D eigenvalue weighted by Crippen LogP contribution is 2.31. The van der Waals surface area contributed by atoms with E-state index < -0.39 is 4.92 Å². The lowest BCUT2D eigenvalue weighted by atomic mass is 10.2. The highest BCUT2D eigenvalue weighted by Gasteiger charge is 2.12. The molecule has 0 fully saturated rings. The Kier molecular flexibility index (Phi) is 4.66. The fourth-order valence-electron chi connectivity index (χ4n) is 1.61. The first-order valence-electron chi connectivity index (χ1n) is 5.51. The Morgan fingerprint density at radius 3 is 2.70 bits per heavy atom. The lowest BCUT2D eigenvalue weighted by Crippen LogP contribution is -2.01. The van der Waals surface area contributed by atoms with Crippen molar-refractivity contribution in [3.8, 4) is 5.75 Å². The van der Waals surface area contributed by atoms with Crippen molar-refractivity contribution in [1.29, 1.82) is 0 Å². The van der Waals surface area contributed by atoms with Crippen LogP contribution >= 0.6 is 31.9 Å². The topological polar surface area (TPSA) is 77.5 Å². The van der Waals surface area contributed by atoms with E-state index in [0.717, 1.165) is 4.47 Å². The van der Waals surface area contributed by atoms with Gasteiger partial charge in [0.2, 0.25) is 0 Å². The number of hydrogen-bond donors (Lipinski definition) is 1. The fraction of sp³-hybridized carbons (Fsp3) is 0.167. The Bertz CT molecular complexity index is 623. The number of ether oxygens (including phenoxy) is 1. The molecule has 0 radical (unpaired) electrons. The summed E-state index contributed by atoms with van der Waals surface area (Å²) in [6.07, 6.45) is 0. The van der Waals surface area contributed by atoms with Gasteiger partial charge in [0.05, 0.1) is 28.7 Å². The van der Waals surface area contributed by atoms with Gasteiger partial charge in [0.1, 0.15) is 11.5 Å².